The molecule has 24 heavy (non-hydrogen) atoms. The molecule has 0 aliphatic rings. The number of rotatable bonds is 16. The molecule has 0 aromatic heterocycles. The lowest BCUT2D eigenvalue weighted by molar-refractivity contribution is 0.538. The highest BCUT2D eigenvalue weighted by Crippen LogP contribution is 2.14. The largest absolute Gasteiger partial charge is 0.254 e. The summed E-state index contributed by atoms with van der Waals surface area (Å²) in [6.07, 6.45) is 19.2. The highest BCUT2D eigenvalue weighted by Gasteiger charge is 2.02. The van der Waals surface area contributed by atoms with Crippen molar-refractivity contribution in [2.24, 2.45) is 0 Å². The minimum absolute atomic E-state index is 0.800. The zero-order valence-corrected chi connectivity index (χ0v) is 16.6. The number of unbranched alkanes of at least 4 members (excludes halogenated alkanes) is 13. The van der Waals surface area contributed by atoms with Crippen molar-refractivity contribution < 1.29 is 4.21 Å². The van der Waals surface area contributed by atoms with Crippen molar-refractivity contribution in [3.8, 4) is 0 Å². The zero-order valence-electron chi connectivity index (χ0n) is 15.8. The van der Waals surface area contributed by atoms with Gasteiger partial charge in [0.2, 0.25) is 0 Å². The lowest BCUT2D eigenvalue weighted by atomic mass is 10.0. The zero-order chi connectivity index (χ0) is 17.3. The maximum Gasteiger partial charge on any atom is 0.0529 e. The van der Waals surface area contributed by atoms with Gasteiger partial charge in [-0.3, -0.25) is 4.21 Å². The first-order valence-corrected chi connectivity index (χ1v) is 11.6. The Morgan fingerprint density at radius 1 is 0.625 bits per heavy atom. The van der Waals surface area contributed by atoms with Crippen LogP contribution in [0.15, 0.2) is 35.2 Å². The first-order valence-electron chi connectivity index (χ1n) is 10.3. The predicted molar refractivity (Wildman–Crippen MR) is 108 cm³/mol. The molecule has 1 nitrogen and oxygen atoms in total. The standard InChI is InChI=1S/C22H38OS/c1-2-3-4-5-6-7-8-9-10-11-12-13-14-18-21-24(23)22-19-16-15-17-20-22/h15-17,19-20H,2-14,18,21H2,1H3. The van der Waals surface area contributed by atoms with Gasteiger partial charge in [-0.05, 0) is 18.6 Å². The second kappa shape index (κ2) is 15.9. The first-order chi connectivity index (χ1) is 11.8. The summed E-state index contributed by atoms with van der Waals surface area (Å²) in [5.41, 5.74) is 0. The fourth-order valence-electron chi connectivity index (χ4n) is 3.12. The third-order valence-corrected chi connectivity index (χ3v) is 6.15. The fourth-order valence-corrected chi connectivity index (χ4v) is 4.28. The number of benzene rings is 1. The van der Waals surface area contributed by atoms with Gasteiger partial charge in [-0.15, -0.1) is 0 Å². The van der Waals surface area contributed by atoms with Crippen LogP contribution >= 0.6 is 0 Å². The van der Waals surface area contributed by atoms with E-state index in [-0.39, 0.29) is 0 Å². The highest BCUT2D eigenvalue weighted by molar-refractivity contribution is 7.85. The molecule has 2 heteroatoms. The average Bonchev–Trinajstić information content (AvgIpc) is 2.62. The van der Waals surface area contributed by atoms with Crippen LogP contribution in [0.4, 0.5) is 0 Å². The van der Waals surface area contributed by atoms with Crippen molar-refractivity contribution >= 4 is 10.8 Å². The van der Waals surface area contributed by atoms with E-state index < -0.39 is 10.8 Å². The lowest BCUT2D eigenvalue weighted by Crippen LogP contribution is -1.97. The Labute approximate surface area is 153 Å². The quantitative estimate of drug-likeness (QED) is 0.286. The first kappa shape index (κ1) is 21.4. The maximum absolute atomic E-state index is 12.1. The van der Waals surface area contributed by atoms with Crippen LogP contribution in [0.5, 0.6) is 0 Å². The summed E-state index contributed by atoms with van der Waals surface area (Å²) in [5.74, 6) is 0.821. The molecule has 1 atom stereocenters. The molecule has 0 spiro atoms. The molecule has 0 radical (unpaired) electrons. The molecule has 0 amide bonds. The summed E-state index contributed by atoms with van der Waals surface area (Å²) >= 11 is 0. The average molecular weight is 351 g/mol. The van der Waals surface area contributed by atoms with E-state index in [9.17, 15) is 4.21 Å². The van der Waals surface area contributed by atoms with Crippen molar-refractivity contribution in [1.82, 2.24) is 0 Å². The van der Waals surface area contributed by atoms with Crippen LogP contribution in [0, 0.1) is 0 Å². The summed E-state index contributed by atoms with van der Waals surface area (Å²) in [6, 6.07) is 9.86. The van der Waals surface area contributed by atoms with Crippen LogP contribution in [0.1, 0.15) is 96.8 Å². The SMILES string of the molecule is CCCCCCCCCCCCCCCCS(=O)c1ccccc1. The second-order valence-electron chi connectivity index (χ2n) is 6.96. The van der Waals surface area contributed by atoms with Crippen molar-refractivity contribution in [1.29, 1.82) is 0 Å². The van der Waals surface area contributed by atoms with E-state index >= 15 is 0 Å². The molecule has 1 unspecified atom stereocenters. The van der Waals surface area contributed by atoms with Gasteiger partial charge < -0.3 is 0 Å². The van der Waals surface area contributed by atoms with Crippen molar-refractivity contribution in [2.75, 3.05) is 5.75 Å². The van der Waals surface area contributed by atoms with E-state index in [1.54, 1.807) is 0 Å². The minimum atomic E-state index is -0.800. The van der Waals surface area contributed by atoms with Gasteiger partial charge in [0.05, 0.1) is 10.8 Å². The monoisotopic (exact) mass is 350 g/mol. The van der Waals surface area contributed by atoms with Crippen LogP contribution in [-0.4, -0.2) is 9.96 Å². The summed E-state index contributed by atoms with van der Waals surface area (Å²) in [7, 11) is -0.800. The number of hydrogen-bond acceptors (Lipinski definition) is 1. The predicted octanol–water partition coefficient (Wildman–Crippen LogP) is 7.28. The van der Waals surface area contributed by atoms with Crippen LogP contribution < -0.4 is 0 Å². The molecule has 1 rings (SSSR count). The minimum Gasteiger partial charge on any atom is -0.254 e. The van der Waals surface area contributed by atoms with E-state index in [2.05, 4.69) is 6.92 Å². The van der Waals surface area contributed by atoms with Gasteiger partial charge in [0.1, 0.15) is 0 Å². The molecule has 0 N–H and O–H groups in total. The molecule has 1 aromatic rings. The normalized spacial score (nSPS) is 12.4. The third-order valence-electron chi connectivity index (χ3n) is 4.69. The topological polar surface area (TPSA) is 17.1 Å². The van der Waals surface area contributed by atoms with Crippen molar-refractivity contribution in [2.45, 2.75) is 102 Å². The molecular formula is C22H38OS. The molecule has 0 heterocycles. The van der Waals surface area contributed by atoms with E-state index in [1.165, 1.54) is 83.5 Å². The fraction of sp³-hybridized carbons (Fsp3) is 0.727. The number of hydrogen-bond donors (Lipinski definition) is 0. The molecule has 0 bridgehead atoms. The molecule has 1 aromatic carbocycles. The Balaban J connectivity index is 1.80. The molecule has 0 fully saturated rings. The van der Waals surface area contributed by atoms with Crippen molar-refractivity contribution in [3.63, 3.8) is 0 Å². The van der Waals surface area contributed by atoms with E-state index in [1.807, 2.05) is 30.3 Å². The third kappa shape index (κ3) is 11.8. The van der Waals surface area contributed by atoms with E-state index in [0.29, 0.717) is 0 Å². The van der Waals surface area contributed by atoms with Gasteiger partial charge in [0.25, 0.3) is 0 Å². The molecule has 138 valence electrons. The summed E-state index contributed by atoms with van der Waals surface area (Å²) < 4.78 is 12.1. The van der Waals surface area contributed by atoms with Crippen LogP contribution in [0.25, 0.3) is 0 Å². The van der Waals surface area contributed by atoms with Crippen LogP contribution in [0.3, 0.4) is 0 Å². The molecule has 0 aliphatic carbocycles. The van der Waals surface area contributed by atoms with Crippen LogP contribution in [-0.2, 0) is 10.8 Å². The summed E-state index contributed by atoms with van der Waals surface area (Å²) in [4.78, 5) is 0.979. The Kier molecular flexibility index (Phi) is 14.2. The highest BCUT2D eigenvalue weighted by atomic mass is 32.2. The van der Waals surface area contributed by atoms with Gasteiger partial charge >= 0.3 is 0 Å². The smallest absolute Gasteiger partial charge is 0.0529 e. The van der Waals surface area contributed by atoms with E-state index in [0.717, 1.165) is 17.1 Å². The van der Waals surface area contributed by atoms with Crippen LogP contribution in [0.2, 0.25) is 0 Å². The Bertz CT molecular complexity index is 402. The summed E-state index contributed by atoms with van der Waals surface area (Å²) in [6.45, 7) is 2.28. The second-order valence-corrected chi connectivity index (χ2v) is 8.53. The van der Waals surface area contributed by atoms with Gasteiger partial charge in [0, 0.05) is 10.6 Å². The van der Waals surface area contributed by atoms with Gasteiger partial charge in [-0.1, -0.05) is 109 Å². The Hall–Kier alpha value is -0.630. The molecule has 0 saturated heterocycles. The Morgan fingerprint density at radius 3 is 1.50 bits per heavy atom. The van der Waals surface area contributed by atoms with Gasteiger partial charge in [-0.2, -0.15) is 0 Å². The van der Waals surface area contributed by atoms with E-state index in [4.69, 9.17) is 0 Å². The Morgan fingerprint density at radius 2 is 1.04 bits per heavy atom. The van der Waals surface area contributed by atoms with Gasteiger partial charge in [-0.25, -0.2) is 0 Å². The van der Waals surface area contributed by atoms with Gasteiger partial charge in [0.15, 0.2) is 0 Å². The van der Waals surface area contributed by atoms with Crippen molar-refractivity contribution in [3.05, 3.63) is 30.3 Å². The maximum atomic E-state index is 12.1. The lowest BCUT2D eigenvalue weighted by Gasteiger charge is -2.04. The molecule has 0 aliphatic heterocycles. The molecular weight excluding hydrogens is 312 g/mol. The molecule has 0 saturated carbocycles. The summed E-state index contributed by atoms with van der Waals surface area (Å²) in [5, 5.41) is 0.